The van der Waals surface area contributed by atoms with Crippen LogP contribution in [0.1, 0.15) is 18.1 Å². The second-order valence-corrected chi connectivity index (χ2v) is 4.37. The Balaban J connectivity index is 2.67. The smallest absolute Gasteiger partial charge is 0.350 e. The molecule has 0 fully saturated rings. The van der Waals surface area contributed by atoms with Crippen LogP contribution in [0, 0.1) is 6.92 Å². The highest BCUT2D eigenvalue weighted by molar-refractivity contribution is 5.86. The zero-order valence-corrected chi connectivity index (χ0v) is 10.1. The summed E-state index contributed by atoms with van der Waals surface area (Å²) < 4.78 is 37.5. The van der Waals surface area contributed by atoms with Gasteiger partial charge in [-0.05, 0) is 19.4 Å². The van der Waals surface area contributed by atoms with Crippen LogP contribution in [0.5, 0.6) is 0 Å². The summed E-state index contributed by atoms with van der Waals surface area (Å²) in [5, 5.41) is 2.19. The van der Waals surface area contributed by atoms with Gasteiger partial charge in [-0.3, -0.25) is 4.79 Å². The third kappa shape index (κ3) is 3.22. The zero-order chi connectivity index (χ0) is 14.0. The van der Waals surface area contributed by atoms with Crippen LogP contribution in [-0.2, 0) is 11.3 Å². The fraction of sp³-hybridized carbons (Fsp3) is 0.417. The molecule has 1 amide bonds. The molecule has 100 valence electrons. The highest BCUT2D eigenvalue weighted by Gasteiger charge is 2.53. The normalized spacial score (nSPS) is 15.0. The van der Waals surface area contributed by atoms with Crippen LogP contribution >= 0.6 is 0 Å². The summed E-state index contributed by atoms with van der Waals surface area (Å²) in [6.07, 6.45) is -4.77. The Bertz CT molecular complexity index is 441. The maximum atomic E-state index is 12.5. The lowest BCUT2D eigenvalue weighted by molar-refractivity contribution is -0.187. The van der Waals surface area contributed by atoms with Gasteiger partial charge < -0.3 is 11.1 Å². The van der Waals surface area contributed by atoms with Gasteiger partial charge in [0.05, 0.1) is 0 Å². The first-order valence-corrected chi connectivity index (χ1v) is 5.34. The molecule has 0 radical (unpaired) electrons. The monoisotopic (exact) mass is 260 g/mol. The maximum absolute atomic E-state index is 12.5. The van der Waals surface area contributed by atoms with E-state index < -0.39 is 17.6 Å². The first-order chi connectivity index (χ1) is 8.14. The molecule has 1 unspecified atom stereocenters. The van der Waals surface area contributed by atoms with Gasteiger partial charge in [0.15, 0.2) is 5.54 Å². The van der Waals surface area contributed by atoms with Gasteiger partial charge in [-0.1, -0.05) is 29.8 Å². The summed E-state index contributed by atoms with van der Waals surface area (Å²) in [4.78, 5) is 11.4. The van der Waals surface area contributed by atoms with Gasteiger partial charge in [0.25, 0.3) is 0 Å². The quantitative estimate of drug-likeness (QED) is 0.872. The number of carbonyl (C=O) groups excluding carboxylic acids is 1. The second-order valence-electron chi connectivity index (χ2n) is 4.37. The highest BCUT2D eigenvalue weighted by Crippen LogP contribution is 2.27. The molecule has 1 atom stereocenters. The lowest BCUT2D eigenvalue weighted by Crippen LogP contribution is -2.61. The van der Waals surface area contributed by atoms with E-state index in [1.807, 2.05) is 13.0 Å². The lowest BCUT2D eigenvalue weighted by Gasteiger charge is -2.26. The molecule has 0 aliphatic carbocycles. The Hall–Kier alpha value is -1.56. The molecule has 18 heavy (non-hydrogen) atoms. The number of amides is 1. The van der Waals surface area contributed by atoms with Crippen LogP contribution in [-0.4, -0.2) is 17.6 Å². The summed E-state index contributed by atoms with van der Waals surface area (Å²) in [6.45, 7) is 2.52. The molecule has 1 aromatic rings. The van der Waals surface area contributed by atoms with Gasteiger partial charge in [0.2, 0.25) is 5.91 Å². The van der Waals surface area contributed by atoms with Gasteiger partial charge in [0, 0.05) is 6.54 Å². The van der Waals surface area contributed by atoms with Crippen molar-refractivity contribution in [3.63, 3.8) is 0 Å². The summed E-state index contributed by atoms with van der Waals surface area (Å²) >= 11 is 0. The molecule has 3 N–H and O–H groups in total. The standard InChI is InChI=1S/C12H15F3N2O/c1-8-4-3-5-9(6-8)7-17-10(18)11(2,16)12(13,14)15/h3-6H,7,16H2,1-2H3,(H,17,18). The van der Waals surface area contributed by atoms with E-state index in [-0.39, 0.29) is 6.54 Å². The Labute approximate surface area is 103 Å². The topological polar surface area (TPSA) is 55.1 Å². The minimum Gasteiger partial charge on any atom is -0.350 e. The van der Waals surface area contributed by atoms with Gasteiger partial charge in [-0.2, -0.15) is 13.2 Å². The van der Waals surface area contributed by atoms with Crippen molar-refractivity contribution in [2.45, 2.75) is 32.1 Å². The number of aryl methyl sites for hydroxylation is 1. The van der Waals surface area contributed by atoms with Crippen molar-refractivity contribution < 1.29 is 18.0 Å². The molecule has 0 spiro atoms. The number of benzene rings is 1. The SMILES string of the molecule is Cc1cccc(CNC(=O)C(C)(N)C(F)(F)F)c1. The van der Waals surface area contributed by atoms with Crippen molar-refractivity contribution >= 4 is 5.91 Å². The minimum atomic E-state index is -4.77. The number of alkyl halides is 3. The number of nitrogens with two attached hydrogens (primary N) is 1. The van der Waals surface area contributed by atoms with Crippen molar-refractivity contribution in [3.8, 4) is 0 Å². The van der Waals surface area contributed by atoms with E-state index >= 15 is 0 Å². The third-order valence-corrected chi connectivity index (χ3v) is 2.60. The van der Waals surface area contributed by atoms with Crippen LogP contribution in [0.2, 0.25) is 0 Å². The third-order valence-electron chi connectivity index (χ3n) is 2.60. The number of halogens is 3. The molecule has 0 aromatic heterocycles. The average molecular weight is 260 g/mol. The van der Waals surface area contributed by atoms with Crippen molar-refractivity contribution in [2.75, 3.05) is 0 Å². The lowest BCUT2D eigenvalue weighted by atomic mass is 10.0. The predicted octanol–water partition coefficient (Wildman–Crippen LogP) is 1.89. The average Bonchev–Trinajstić information content (AvgIpc) is 2.24. The summed E-state index contributed by atoms with van der Waals surface area (Å²) in [5.74, 6) is -1.24. The number of nitrogens with one attached hydrogen (secondary N) is 1. The number of hydrogen-bond acceptors (Lipinski definition) is 2. The molecular weight excluding hydrogens is 245 g/mol. The molecule has 3 nitrogen and oxygen atoms in total. The second kappa shape index (κ2) is 4.97. The van der Waals surface area contributed by atoms with Crippen LogP contribution in [0.25, 0.3) is 0 Å². The summed E-state index contributed by atoms with van der Waals surface area (Å²) in [5.41, 5.74) is 3.81. The van der Waals surface area contributed by atoms with Gasteiger partial charge in [-0.15, -0.1) is 0 Å². The molecular formula is C12H15F3N2O. The van der Waals surface area contributed by atoms with Gasteiger partial charge in [-0.25, -0.2) is 0 Å². The van der Waals surface area contributed by atoms with E-state index in [2.05, 4.69) is 5.32 Å². The zero-order valence-electron chi connectivity index (χ0n) is 10.1. The van der Waals surface area contributed by atoms with E-state index in [1.54, 1.807) is 18.2 Å². The molecule has 0 aliphatic heterocycles. The molecule has 1 rings (SSSR count). The number of carbonyl (C=O) groups is 1. The van der Waals surface area contributed by atoms with Crippen molar-refractivity contribution in [3.05, 3.63) is 35.4 Å². The fourth-order valence-electron chi connectivity index (χ4n) is 1.32. The van der Waals surface area contributed by atoms with Gasteiger partial charge in [0.1, 0.15) is 0 Å². The number of hydrogen-bond donors (Lipinski definition) is 2. The Morgan fingerprint density at radius 3 is 2.50 bits per heavy atom. The maximum Gasteiger partial charge on any atom is 0.415 e. The highest BCUT2D eigenvalue weighted by atomic mass is 19.4. The molecule has 0 bridgehead atoms. The first-order valence-electron chi connectivity index (χ1n) is 5.34. The van der Waals surface area contributed by atoms with Crippen LogP contribution in [0.3, 0.4) is 0 Å². The predicted molar refractivity (Wildman–Crippen MR) is 61.7 cm³/mol. The molecule has 0 heterocycles. The van der Waals surface area contributed by atoms with Crippen LogP contribution < -0.4 is 11.1 Å². The molecule has 0 saturated heterocycles. The van der Waals surface area contributed by atoms with E-state index in [4.69, 9.17) is 5.73 Å². The molecule has 1 aromatic carbocycles. The van der Waals surface area contributed by atoms with Gasteiger partial charge >= 0.3 is 6.18 Å². The Morgan fingerprint density at radius 1 is 1.39 bits per heavy atom. The Morgan fingerprint density at radius 2 is 2.00 bits per heavy atom. The summed E-state index contributed by atoms with van der Waals surface area (Å²) in [7, 11) is 0. The molecule has 6 heteroatoms. The fourth-order valence-corrected chi connectivity index (χ4v) is 1.32. The first kappa shape index (κ1) is 14.5. The van der Waals surface area contributed by atoms with E-state index in [0.717, 1.165) is 11.1 Å². The Kier molecular flexibility index (Phi) is 4.01. The van der Waals surface area contributed by atoms with E-state index in [0.29, 0.717) is 6.92 Å². The van der Waals surface area contributed by atoms with E-state index in [1.165, 1.54) is 0 Å². The molecule has 0 saturated carbocycles. The minimum absolute atomic E-state index is 0.0172. The van der Waals surface area contributed by atoms with Crippen molar-refractivity contribution in [1.82, 2.24) is 5.32 Å². The summed E-state index contributed by atoms with van der Waals surface area (Å²) in [6, 6.07) is 7.12. The van der Waals surface area contributed by atoms with Crippen molar-refractivity contribution in [2.24, 2.45) is 5.73 Å². The molecule has 0 aliphatic rings. The van der Waals surface area contributed by atoms with E-state index in [9.17, 15) is 18.0 Å². The number of rotatable bonds is 3. The van der Waals surface area contributed by atoms with Crippen LogP contribution in [0.4, 0.5) is 13.2 Å². The van der Waals surface area contributed by atoms with Crippen LogP contribution in [0.15, 0.2) is 24.3 Å². The largest absolute Gasteiger partial charge is 0.415 e. The van der Waals surface area contributed by atoms with Crippen molar-refractivity contribution in [1.29, 1.82) is 0 Å².